The van der Waals surface area contributed by atoms with Crippen LogP contribution in [0.5, 0.6) is 0 Å². The van der Waals surface area contributed by atoms with Gasteiger partial charge in [-0.15, -0.1) is 0 Å². The highest BCUT2D eigenvalue weighted by Gasteiger charge is 2.17. The molecule has 0 aromatic heterocycles. The van der Waals surface area contributed by atoms with E-state index in [1.165, 1.54) is 12.1 Å². The average Bonchev–Trinajstić information content (AvgIpc) is 2.66. The molecule has 3 N–H and O–H groups in total. The number of carbonyl (C=O) groups excluding carboxylic acids is 1. The van der Waals surface area contributed by atoms with Crippen molar-refractivity contribution >= 4 is 15.9 Å². The number of halogens is 1. The third kappa shape index (κ3) is 6.74. The van der Waals surface area contributed by atoms with E-state index in [0.717, 1.165) is 17.7 Å². The van der Waals surface area contributed by atoms with Gasteiger partial charge in [-0.05, 0) is 42.8 Å². The van der Waals surface area contributed by atoms with E-state index in [-0.39, 0.29) is 23.8 Å². The maximum absolute atomic E-state index is 12.9. The third-order valence-corrected chi connectivity index (χ3v) is 5.43. The number of hydrogen-bond donors (Lipinski definition) is 2. The lowest BCUT2D eigenvalue weighted by molar-refractivity contribution is -0.131. The van der Waals surface area contributed by atoms with Gasteiger partial charge >= 0.3 is 0 Å². The number of amides is 1. The molecule has 0 aliphatic heterocycles. The first-order valence-electron chi connectivity index (χ1n) is 8.69. The largest absolute Gasteiger partial charge is 0.338 e. The van der Waals surface area contributed by atoms with E-state index in [0.29, 0.717) is 26.1 Å². The van der Waals surface area contributed by atoms with Gasteiger partial charge in [0.1, 0.15) is 5.82 Å². The van der Waals surface area contributed by atoms with E-state index in [1.807, 2.05) is 30.3 Å². The molecule has 0 bridgehead atoms. The molecular formula is C19H24FN3O3S. The van der Waals surface area contributed by atoms with Crippen LogP contribution in [0.15, 0.2) is 59.5 Å². The number of carbonyl (C=O) groups is 1. The predicted octanol–water partition coefficient (Wildman–Crippen LogP) is 1.87. The molecule has 146 valence electrons. The number of benzene rings is 2. The summed E-state index contributed by atoms with van der Waals surface area (Å²) in [6.45, 7) is 1.39. The Kier molecular flexibility index (Phi) is 7.90. The monoisotopic (exact) mass is 393 g/mol. The Morgan fingerprint density at radius 3 is 2.37 bits per heavy atom. The molecule has 0 unspecified atom stereocenters. The standard InChI is InChI=1S/C19H24FN3O3S/c20-17-7-9-18(10-8-17)27(25,26)22-13-11-19(24)23(14-4-12-21)15-16-5-2-1-3-6-16/h1-3,5-10,22H,4,11-15,21H2. The van der Waals surface area contributed by atoms with Crippen molar-refractivity contribution in [3.63, 3.8) is 0 Å². The van der Waals surface area contributed by atoms with Crippen LogP contribution >= 0.6 is 0 Å². The highest BCUT2D eigenvalue weighted by molar-refractivity contribution is 7.89. The quantitative estimate of drug-likeness (QED) is 0.645. The molecule has 8 heteroatoms. The average molecular weight is 393 g/mol. The number of nitrogens with zero attached hydrogens (tertiary/aromatic N) is 1. The fourth-order valence-electron chi connectivity index (χ4n) is 2.53. The summed E-state index contributed by atoms with van der Waals surface area (Å²) >= 11 is 0. The van der Waals surface area contributed by atoms with Crippen LogP contribution in [0.3, 0.4) is 0 Å². The van der Waals surface area contributed by atoms with Gasteiger partial charge in [-0.3, -0.25) is 4.79 Å². The minimum Gasteiger partial charge on any atom is -0.338 e. The lowest BCUT2D eigenvalue weighted by Crippen LogP contribution is -2.35. The van der Waals surface area contributed by atoms with Gasteiger partial charge in [0, 0.05) is 26.1 Å². The summed E-state index contributed by atoms with van der Waals surface area (Å²) in [7, 11) is -3.78. The van der Waals surface area contributed by atoms with Crippen molar-refractivity contribution in [1.82, 2.24) is 9.62 Å². The Morgan fingerprint density at radius 2 is 1.74 bits per heavy atom. The Balaban J connectivity index is 1.93. The molecule has 2 aromatic rings. The lowest BCUT2D eigenvalue weighted by atomic mass is 10.2. The lowest BCUT2D eigenvalue weighted by Gasteiger charge is -2.23. The summed E-state index contributed by atoms with van der Waals surface area (Å²) in [4.78, 5) is 14.2. The fourth-order valence-corrected chi connectivity index (χ4v) is 3.56. The minimum absolute atomic E-state index is 0.0256. The van der Waals surface area contributed by atoms with Crippen molar-refractivity contribution in [1.29, 1.82) is 0 Å². The first kappa shape index (κ1) is 21.0. The van der Waals surface area contributed by atoms with E-state index >= 15 is 0 Å². The molecular weight excluding hydrogens is 369 g/mol. The number of nitrogens with two attached hydrogens (primary N) is 1. The van der Waals surface area contributed by atoms with Gasteiger partial charge in [0.25, 0.3) is 0 Å². The van der Waals surface area contributed by atoms with Gasteiger partial charge < -0.3 is 10.6 Å². The van der Waals surface area contributed by atoms with Crippen LogP contribution in [0, 0.1) is 5.82 Å². The maximum Gasteiger partial charge on any atom is 0.240 e. The van der Waals surface area contributed by atoms with Crippen molar-refractivity contribution in [2.24, 2.45) is 5.73 Å². The molecule has 6 nitrogen and oxygen atoms in total. The second-order valence-corrected chi connectivity index (χ2v) is 7.81. The summed E-state index contributed by atoms with van der Waals surface area (Å²) in [6, 6.07) is 14.1. The molecule has 0 radical (unpaired) electrons. The van der Waals surface area contributed by atoms with Crippen LogP contribution in [0.1, 0.15) is 18.4 Å². The SMILES string of the molecule is NCCCN(Cc1ccccc1)C(=O)CCNS(=O)(=O)c1ccc(F)cc1. The van der Waals surface area contributed by atoms with E-state index in [1.54, 1.807) is 4.90 Å². The molecule has 0 saturated carbocycles. The second-order valence-electron chi connectivity index (χ2n) is 6.04. The summed E-state index contributed by atoms with van der Waals surface area (Å²) in [5.74, 6) is -0.672. The zero-order valence-electron chi connectivity index (χ0n) is 15.0. The van der Waals surface area contributed by atoms with E-state index in [2.05, 4.69) is 4.72 Å². The van der Waals surface area contributed by atoms with Crippen LogP contribution < -0.4 is 10.5 Å². The molecule has 0 atom stereocenters. The topological polar surface area (TPSA) is 92.5 Å². The third-order valence-electron chi connectivity index (χ3n) is 3.96. The molecule has 0 spiro atoms. The van der Waals surface area contributed by atoms with Gasteiger partial charge in [-0.2, -0.15) is 0 Å². The zero-order chi connectivity index (χ0) is 19.7. The predicted molar refractivity (Wildman–Crippen MR) is 102 cm³/mol. The minimum atomic E-state index is -3.78. The smallest absolute Gasteiger partial charge is 0.240 e. The molecule has 0 saturated heterocycles. The van der Waals surface area contributed by atoms with Crippen LogP contribution in [-0.4, -0.2) is 38.9 Å². The molecule has 27 heavy (non-hydrogen) atoms. The molecule has 0 aliphatic carbocycles. The number of nitrogens with one attached hydrogen (secondary N) is 1. The van der Waals surface area contributed by atoms with Crippen molar-refractivity contribution < 1.29 is 17.6 Å². The van der Waals surface area contributed by atoms with E-state index < -0.39 is 15.8 Å². The fraction of sp³-hybridized carbons (Fsp3) is 0.316. The van der Waals surface area contributed by atoms with Crippen LogP contribution in [0.4, 0.5) is 4.39 Å². The first-order chi connectivity index (χ1) is 12.9. The zero-order valence-corrected chi connectivity index (χ0v) is 15.8. The second kappa shape index (κ2) is 10.1. The van der Waals surface area contributed by atoms with Gasteiger partial charge in [0.05, 0.1) is 4.90 Å². The van der Waals surface area contributed by atoms with Crippen molar-refractivity contribution in [3.05, 3.63) is 66.0 Å². The summed E-state index contributed by atoms with van der Waals surface area (Å²) in [6.07, 6.45) is 0.692. The van der Waals surface area contributed by atoms with E-state index in [9.17, 15) is 17.6 Å². The number of sulfonamides is 1. The molecule has 2 rings (SSSR count). The van der Waals surface area contributed by atoms with Crippen molar-refractivity contribution in [3.8, 4) is 0 Å². The molecule has 0 heterocycles. The van der Waals surface area contributed by atoms with Crippen LogP contribution in [0.2, 0.25) is 0 Å². The number of hydrogen-bond acceptors (Lipinski definition) is 4. The van der Waals surface area contributed by atoms with Gasteiger partial charge in [-0.25, -0.2) is 17.5 Å². The summed E-state index contributed by atoms with van der Waals surface area (Å²) in [5.41, 5.74) is 6.54. The molecule has 0 aliphatic rings. The molecule has 0 fully saturated rings. The Morgan fingerprint density at radius 1 is 1.07 bits per heavy atom. The van der Waals surface area contributed by atoms with Crippen LogP contribution in [-0.2, 0) is 21.4 Å². The first-order valence-corrected chi connectivity index (χ1v) is 10.2. The van der Waals surface area contributed by atoms with E-state index in [4.69, 9.17) is 5.73 Å². The van der Waals surface area contributed by atoms with Gasteiger partial charge in [-0.1, -0.05) is 30.3 Å². The van der Waals surface area contributed by atoms with Crippen LogP contribution in [0.25, 0.3) is 0 Å². The van der Waals surface area contributed by atoms with Gasteiger partial charge in [0.15, 0.2) is 0 Å². The normalized spacial score (nSPS) is 11.3. The maximum atomic E-state index is 12.9. The highest BCUT2D eigenvalue weighted by atomic mass is 32.2. The Hall–Kier alpha value is -2.29. The molecule has 2 aromatic carbocycles. The highest BCUT2D eigenvalue weighted by Crippen LogP contribution is 2.10. The Bertz CT molecular complexity index is 827. The Labute approximate surface area is 159 Å². The van der Waals surface area contributed by atoms with Crippen molar-refractivity contribution in [2.75, 3.05) is 19.6 Å². The number of rotatable bonds is 10. The van der Waals surface area contributed by atoms with Gasteiger partial charge in [0.2, 0.25) is 15.9 Å². The summed E-state index contributed by atoms with van der Waals surface area (Å²) < 4.78 is 39.7. The van der Waals surface area contributed by atoms with Crippen molar-refractivity contribution in [2.45, 2.75) is 24.3 Å². The summed E-state index contributed by atoms with van der Waals surface area (Å²) in [5, 5.41) is 0. The molecule has 1 amide bonds.